The van der Waals surface area contributed by atoms with E-state index in [0.717, 1.165) is 42.3 Å². The second-order valence-corrected chi connectivity index (χ2v) is 6.67. The predicted octanol–water partition coefficient (Wildman–Crippen LogP) is 3.48. The maximum atomic E-state index is 12.8. The number of hydrogen-bond acceptors (Lipinski definition) is 3. The number of rotatable bonds is 4. The van der Waals surface area contributed by atoms with E-state index >= 15 is 0 Å². The Balaban J connectivity index is 1.57. The minimum atomic E-state index is 0.0509. The lowest BCUT2D eigenvalue weighted by Crippen LogP contribution is -2.32. The first kappa shape index (κ1) is 16.5. The lowest BCUT2D eigenvalue weighted by Gasteiger charge is -2.25. The van der Waals surface area contributed by atoms with Crippen molar-refractivity contribution in [3.63, 3.8) is 0 Å². The summed E-state index contributed by atoms with van der Waals surface area (Å²) in [5.41, 5.74) is 2.01. The molecular formula is C21H22N4O. The van der Waals surface area contributed by atoms with E-state index in [-0.39, 0.29) is 11.9 Å². The van der Waals surface area contributed by atoms with Gasteiger partial charge in [0.2, 0.25) is 5.91 Å². The molecule has 0 bridgehead atoms. The fourth-order valence-corrected chi connectivity index (χ4v) is 3.62. The lowest BCUT2D eigenvalue weighted by atomic mass is 10.1. The summed E-state index contributed by atoms with van der Waals surface area (Å²) in [6.45, 7) is 2.76. The highest BCUT2D eigenvalue weighted by Gasteiger charge is 2.30. The highest BCUT2D eigenvalue weighted by molar-refractivity contribution is 5.79. The van der Waals surface area contributed by atoms with Gasteiger partial charge in [-0.25, -0.2) is 9.97 Å². The van der Waals surface area contributed by atoms with Crippen LogP contribution in [0.25, 0.3) is 5.82 Å². The average molecular weight is 346 g/mol. The molecule has 26 heavy (non-hydrogen) atoms. The van der Waals surface area contributed by atoms with Crippen LogP contribution in [0.5, 0.6) is 0 Å². The number of aromatic nitrogens is 3. The molecule has 0 unspecified atom stereocenters. The van der Waals surface area contributed by atoms with Gasteiger partial charge in [-0.2, -0.15) is 0 Å². The average Bonchev–Trinajstić information content (AvgIpc) is 3.32. The molecule has 132 valence electrons. The summed E-state index contributed by atoms with van der Waals surface area (Å²) in [6, 6.07) is 16.0. The van der Waals surface area contributed by atoms with Gasteiger partial charge in [0, 0.05) is 18.9 Å². The summed E-state index contributed by atoms with van der Waals surface area (Å²) in [5.74, 6) is 1.92. The van der Waals surface area contributed by atoms with Gasteiger partial charge < -0.3 is 4.90 Å². The molecule has 3 aromatic rings. The molecule has 1 atom stereocenters. The van der Waals surface area contributed by atoms with Crippen molar-refractivity contribution >= 4 is 5.91 Å². The molecular weight excluding hydrogens is 324 g/mol. The van der Waals surface area contributed by atoms with Crippen molar-refractivity contribution in [2.24, 2.45) is 0 Å². The SMILES string of the molecule is Cc1nccn1-c1cccc([C@@H]2CCCN2C(=O)Cc2ccccc2)n1. The van der Waals surface area contributed by atoms with Crippen molar-refractivity contribution in [3.8, 4) is 5.82 Å². The molecule has 1 amide bonds. The number of nitrogens with zero attached hydrogens (tertiary/aromatic N) is 4. The van der Waals surface area contributed by atoms with E-state index in [2.05, 4.69) is 4.98 Å². The van der Waals surface area contributed by atoms with Gasteiger partial charge in [0.25, 0.3) is 0 Å². The molecule has 1 saturated heterocycles. The Kier molecular flexibility index (Phi) is 4.52. The molecule has 0 aliphatic carbocycles. The van der Waals surface area contributed by atoms with Crippen molar-refractivity contribution in [2.45, 2.75) is 32.2 Å². The molecule has 5 nitrogen and oxygen atoms in total. The van der Waals surface area contributed by atoms with E-state index in [1.165, 1.54) is 0 Å². The van der Waals surface area contributed by atoms with Crippen LogP contribution in [0.4, 0.5) is 0 Å². The molecule has 0 N–H and O–H groups in total. The minimum Gasteiger partial charge on any atom is -0.334 e. The van der Waals surface area contributed by atoms with Gasteiger partial charge in [0.15, 0.2) is 0 Å². The molecule has 3 heterocycles. The van der Waals surface area contributed by atoms with Crippen LogP contribution >= 0.6 is 0 Å². The number of imidazole rings is 1. The minimum absolute atomic E-state index is 0.0509. The van der Waals surface area contributed by atoms with Crippen molar-refractivity contribution < 1.29 is 4.79 Å². The Morgan fingerprint density at radius 1 is 1.15 bits per heavy atom. The fraction of sp³-hybridized carbons (Fsp3) is 0.286. The quantitative estimate of drug-likeness (QED) is 0.727. The smallest absolute Gasteiger partial charge is 0.227 e. The summed E-state index contributed by atoms with van der Waals surface area (Å²) in [6.07, 6.45) is 6.10. The van der Waals surface area contributed by atoms with E-state index in [0.29, 0.717) is 6.42 Å². The van der Waals surface area contributed by atoms with Gasteiger partial charge in [-0.3, -0.25) is 9.36 Å². The zero-order valence-corrected chi connectivity index (χ0v) is 14.9. The molecule has 0 saturated carbocycles. The molecule has 5 heteroatoms. The van der Waals surface area contributed by atoms with E-state index < -0.39 is 0 Å². The number of likely N-dealkylation sites (tertiary alicyclic amines) is 1. The molecule has 0 spiro atoms. The molecule has 4 rings (SSSR count). The summed E-state index contributed by atoms with van der Waals surface area (Å²) in [7, 11) is 0. The second kappa shape index (κ2) is 7.12. The van der Waals surface area contributed by atoms with Crippen LogP contribution in [0.3, 0.4) is 0 Å². The second-order valence-electron chi connectivity index (χ2n) is 6.67. The Morgan fingerprint density at radius 3 is 2.77 bits per heavy atom. The van der Waals surface area contributed by atoms with E-state index in [1.54, 1.807) is 6.20 Å². The number of hydrogen-bond donors (Lipinski definition) is 0. The summed E-state index contributed by atoms with van der Waals surface area (Å²) < 4.78 is 1.97. The van der Waals surface area contributed by atoms with Gasteiger partial charge in [-0.05, 0) is 37.5 Å². The fourth-order valence-electron chi connectivity index (χ4n) is 3.62. The number of benzene rings is 1. The normalized spacial score (nSPS) is 16.8. The summed E-state index contributed by atoms with van der Waals surface area (Å²) in [4.78, 5) is 23.9. The maximum Gasteiger partial charge on any atom is 0.227 e. The van der Waals surface area contributed by atoms with Gasteiger partial charge in [-0.15, -0.1) is 0 Å². The van der Waals surface area contributed by atoms with Crippen molar-refractivity contribution in [3.05, 3.63) is 78.0 Å². The Labute approximate surface area is 153 Å². The summed E-state index contributed by atoms with van der Waals surface area (Å²) in [5, 5.41) is 0. The first-order valence-corrected chi connectivity index (χ1v) is 9.03. The standard InChI is InChI=1S/C21H22N4O/c1-16-22-12-14-24(16)20-11-5-9-18(23-20)19-10-6-13-25(19)21(26)15-17-7-3-2-4-8-17/h2-5,7-9,11-12,14,19H,6,10,13,15H2,1H3/t19-/m0/s1. The Hall–Kier alpha value is -2.95. The van der Waals surface area contributed by atoms with Crippen LogP contribution in [-0.4, -0.2) is 31.9 Å². The Bertz CT molecular complexity index is 903. The summed E-state index contributed by atoms with van der Waals surface area (Å²) >= 11 is 0. The number of carbonyl (C=O) groups is 1. The van der Waals surface area contributed by atoms with Crippen LogP contribution < -0.4 is 0 Å². The first-order valence-electron chi connectivity index (χ1n) is 9.03. The van der Waals surface area contributed by atoms with E-state index in [4.69, 9.17) is 4.98 Å². The largest absolute Gasteiger partial charge is 0.334 e. The number of aryl methyl sites for hydroxylation is 1. The van der Waals surface area contributed by atoms with Gasteiger partial charge in [-0.1, -0.05) is 36.4 Å². The van der Waals surface area contributed by atoms with Crippen LogP contribution in [0.2, 0.25) is 0 Å². The first-order chi connectivity index (χ1) is 12.7. The van der Waals surface area contributed by atoms with Crippen molar-refractivity contribution in [1.29, 1.82) is 0 Å². The topological polar surface area (TPSA) is 51.0 Å². The third-order valence-electron chi connectivity index (χ3n) is 4.94. The van der Waals surface area contributed by atoms with Crippen LogP contribution in [0.15, 0.2) is 60.9 Å². The highest BCUT2D eigenvalue weighted by atomic mass is 16.2. The molecule has 1 fully saturated rings. The van der Waals surface area contributed by atoms with Crippen molar-refractivity contribution in [2.75, 3.05) is 6.54 Å². The number of pyridine rings is 1. The Morgan fingerprint density at radius 2 is 2.00 bits per heavy atom. The number of carbonyl (C=O) groups excluding carboxylic acids is 1. The molecule has 2 aromatic heterocycles. The zero-order chi connectivity index (χ0) is 17.9. The van der Waals surface area contributed by atoms with Gasteiger partial charge >= 0.3 is 0 Å². The highest BCUT2D eigenvalue weighted by Crippen LogP contribution is 2.31. The van der Waals surface area contributed by atoms with Crippen molar-refractivity contribution in [1.82, 2.24) is 19.4 Å². The molecule has 1 aliphatic heterocycles. The zero-order valence-electron chi connectivity index (χ0n) is 14.9. The number of amides is 1. The van der Waals surface area contributed by atoms with Crippen LogP contribution in [0.1, 0.15) is 36.0 Å². The molecule has 1 aliphatic rings. The van der Waals surface area contributed by atoms with E-state index in [1.807, 2.05) is 71.1 Å². The van der Waals surface area contributed by atoms with Crippen LogP contribution in [-0.2, 0) is 11.2 Å². The molecule has 1 aromatic carbocycles. The van der Waals surface area contributed by atoms with Crippen LogP contribution in [0, 0.1) is 6.92 Å². The van der Waals surface area contributed by atoms with Gasteiger partial charge in [0.05, 0.1) is 18.2 Å². The third kappa shape index (κ3) is 3.25. The maximum absolute atomic E-state index is 12.8. The van der Waals surface area contributed by atoms with E-state index in [9.17, 15) is 4.79 Å². The lowest BCUT2D eigenvalue weighted by molar-refractivity contribution is -0.131. The molecule has 0 radical (unpaired) electrons. The predicted molar refractivity (Wildman–Crippen MR) is 99.9 cm³/mol. The monoisotopic (exact) mass is 346 g/mol. The third-order valence-corrected chi connectivity index (χ3v) is 4.94. The van der Waals surface area contributed by atoms with Gasteiger partial charge in [0.1, 0.15) is 11.6 Å².